The van der Waals surface area contributed by atoms with Gasteiger partial charge in [0.25, 0.3) is 0 Å². The van der Waals surface area contributed by atoms with Gasteiger partial charge in [0.2, 0.25) is 5.88 Å². The number of aliphatic hydroxyl groups excluding tert-OH is 1. The van der Waals surface area contributed by atoms with Gasteiger partial charge >= 0.3 is 6.03 Å². The van der Waals surface area contributed by atoms with Gasteiger partial charge in [0.1, 0.15) is 0 Å². The summed E-state index contributed by atoms with van der Waals surface area (Å²) in [6, 6.07) is 12.6. The van der Waals surface area contributed by atoms with Crippen LogP contribution >= 0.6 is 0 Å². The summed E-state index contributed by atoms with van der Waals surface area (Å²) < 4.78 is 10.6. The molecule has 2 atom stereocenters. The standard InChI is InChI=1S/C18H23N3O4/c1-13(14-6-4-3-5-7-14)25-12-16(22)11-20-18(23)21-15-8-9-17(24-2)19-10-15/h3-10,13,16,22H,11-12H2,1-2H3,(H2,20,21,23)/t13-,16-/m1/s1. The average molecular weight is 345 g/mol. The Kier molecular flexibility index (Phi) is 7.18. The van der Waals surface area contributed by atoms with Crippen LogP contribution in [0, 0.1) is 0 Å². The first-order chi connectivity index (χ1) is 12.1. The van der Waals surface area contributed by atoms with Gasteiger partial charge < -0.3 is 25.2 Å². The molecular weight excluding hydrogens is 322 g/mol. The molecule has 0 unspecified atom stereocenters. The van der Waals surface area contributed by atoms with Crippen molar-refractivity contribution >= 4 is 11.7 Å². The molecule has 7 heteroatoms. The quantitative estimate of drug-likeness (QED) is 0.683. The molecule has 25 heavy (non-hydrogen) atoms. The summed E-state index contributed by atoms with van der Waals surface area (Å²) in [6.07, 6.45) is 0.556. The number of carbonyl (C=O) groups is 1. The lowest BCUT2D eigenvalue weighted by molar-refractivity contribution is -0.000953. The molecule has 0 radical (unpaired) electrons. The Balaban J connectivity index is 1.68. The number of anilines is 1. The van der Waals surface area contributed by atoms with Gasteiger partial charge in [0, 0.05) is 12.6 Å². The van der Waals surface area contributed by atoms with Gasteiger partial charge in [-0.1, -0.05) is 30.3 Å². The zero-order chi connectivity index (χ0) is 18.1. The fraction of sp³-hybridized carbons (Fsp3) is 0.333. The number of carbonyl (C=O) groups excluding carboxylic acids is 1. The molecule has 1 heterocycles. The van der Waals surface area contributed by atoms with E-state index in [0.29, 0.717) is 11.6 Å². The topological polar surface area (TPSA) is 92.7 Å². The lowest BCUT2D eigenvalue weighted by Gasteiger charge is -2.17. The van der Waals surface area contributed by atoms with Crippen LogP contribution < -0.4 is 15.4 Å². The minimum absolute atomic E-state index is 0.0803. The number of aliphatic hydroxyl groups is 1. The van der Waals surface area contributed by atoms with Crippen molar-refractivity contribution in [1.29, 1.82) is 0 Å². The van der Waals surface area contributed by atoms with Crippen molar-refractivity contribution in [3.63, 3.8) is 0 Å². The SMILES string of the molecule is COc1ccc(NC(=O)NC[C@@H](O)CO[C@H](C)c2ccccc2)cn1. The van der Waals surface area contributed by atoms with Crippen LogP contribution in [0.25, 0.3) is 0 Å². The number of amides is 2. The van der Waals surface area contributed by atoms with Gasteiger partial charge in [0.15, 0.2) is 0 Å². The van der Waals surface area contributed by atoms with E-state index in [0.717, 1.165) is 5.56 Å². The highest BCUT2D eigenvalue weighted by molar-refractivity contribution is 5.89. The molecule has 1 aromatic heterocycles. The van der Waals surface area contributed by atoms with Gasteiger partial charge in [-0.15, -0.1) is 0 Å². The monoisotopic (exact) mass is 345 g/mol. The maximum absolute atomic E-state index is 11.8. The predicted molar refractivity (Wildman–Crippen MR) is 94.6 cm³/mol. The maximum atomic E-state index is 11.8. The first-order valence-electron chi connectivity index (χ1n) is 7.98. The molecule has 1 aromatic carbocycles. The third-order valence-electron chi connectivity index (χ3n) is 3.51. The second kappa shape index (κ2) is 9.61. The number of aromatic nitrogens is 1. The van der Waals surface area contributed by atoms with E-state index in [-0.39, 0.29) is 19.3 Å². The molecule has 134 valence electrons. The van der Waals surface area contributed by atoms with E-state index in [9.17, 15) is 9.90 Å². The number of ether oxygens (including phenoxy) is 2. The second-order valence-electron chi connectivity index (χ2n) is 5.46. The molecule has 2 rings (SSSR count). The summed E-state index contributed by atoms with van der Waals surface area (Å²) in [6.45, 7) is 2.12. The average Bonchev–Trinajstić information content (AvgIpc) is 2.65. The zero-order valence-corrected chi connectivity index (χ0v) is 14.3. The number of pyridine rings is 1. The van der Waals surface area contributed by atoms with Crippen molar-refractivity contribution in [2.75, 3.05) is 25.6 Å². The molecule has 0 aliphatic rings. The molecule has 2 aromatic rings. The van der Waals surface area contributed by atoms with Gasteiger partial charge in [-0.2, -0.15) is 0 Å². The molecule has 0 bridgehead atoms. The molecule has 0 spiro atoms. The van der Waals surface area contributed by atoms with E-state index in [4.69, 9.17) is 9.47 Å². The molecule has 0 aliphatic heterocycles. The molecule has 0 aliphatic carbocycles. The third-order valence-corrected chi connectivity index (χ3v) is 3.51. The molecule has 3 N–H and O–H groups in total. The summed E-state index contributed by atoms with van der Waals surface area (Å²) in [5.74, 6) is 0.464. The number of rotatable bonds is 8. The van der Waals surface area contributed by atoms with Gasteiger partial charge in [-0.25, -0.2) is 9.78 Å². The minimum Gasteiger partial charge on any atom is -0.481 e. The fourth-order valence-corrected chi connectivity index (χ4v) is 2.10. The Bertz CT molecular complexity index is 649. The zero-order valence-electron chi connectivity index (χ0n) is 14.3. The third kappa shape index (κ3) is 6.40. The summed E-state index contributed by atoms with van der Waals surface area (Å²) in [5.41, 5.74) is 1.56. The van der Waals surface area contributed by atoms with Crippen molar-refractivity contribution in [1.82, 2.24) is 10.3 Å². The number of hydrogen-bond acceptors (Lipinski definition) is 5. The first kappa shape index (κ1) is 18.7. The van der Waals surface area contributed by atoms with Crippen LogP contribution in [0.15, 0.2) is 48.7 Å². The van der Waals surface area contributed by atoms with Crippen LogP contribution in [-0.4, -0.2) is 42.5 Å². The first-order valence-corrected chi connectivity index (χ1v) is 7.98. The Morgan fingerprint density at radius 1 is 1.24 bits per heavy atom. The van der Waals surface area contributed by atoms with Crippen LogP contribution in [0.3, 0.4) is 0 Å². The predicted octanol–water partition coefficient (Wildman–Crippen LogP) is 2.35. The number of urea groups is 1. The number of methoxy groups -OCH3 is 1. The van der Waals surface area contributed by atoms with Crippen LogP contribution in [-0.2, 0) is 4.74 Å². The van der Waals surface area contributed by atoms with Gasteiger partial charge in [-0.3, -0.25) is 0 Å². The van der Waals surface area contributed by atoms with E-state index >= 15 is 0 Å². The van der Waals surface area contributed by atoms with Crippen molar-refractivity contribution < 1.29 is 19.4 Å². The highest BCUT2D eigenvalue weighted by Crippen LogP contribution is 2.15. The summed E-state index contributed by atoms with van der Waals surface area (Å²) in [4.78, 5) is 15.8. The minimum atomic E-state index is -0.800. The highest BCUT2D eigenvalue weighted by Gasteiger charge is 2.11. The fourth-order valence-electron chi connectivity index (χ4n) is 2.10. The van der Waals surface area contributed by atoms with Crippen LogP contribution in [0.1, 0.15) is 18.6 Å². The van der Waals surface area contributed by atoms with Crippen molar-refractivity contribution in [3.8, 4) is 5.88 Å². The van der Waals surface area contributed by atoms with Crippen molar-refractivity contribution in [2.45, 2.75) is 19.1 Å². The van der Waals surface area contributed by atoms with Gasteiger partial charge in [-0.05, 0) is 18.6 Å². The van der Waals surface area contributed by atoms with Crippen LogP contribution in [0.2, 0.25) is 0 Å². The molecule has 0 fully saturated rings. The van der Waals surface area contributed by atoms with Gasteiger partial charge in [0.05, 0.1) is 37.8 Å². The lowest BCUT2D eigenvalue weighted by Crippen LogP contribution is -2.37. The molecular formula is C18H23N3O4. The molecule has 0 saturated carbocycles. The maximum Gasteiger partial charge on any atom is 0.319 e. The molecule has 2 amide bonds. The number of benzene rings is 1. The number of nitrogens with one attached hydrogen (secondary N) is 2. The number of nitrogens with zero attached hydrogens (tertiary/aromatic N) is 1. The largest absolute Gasteiger partial charge is 0.481 e. The number of hydrogen-bond donors (Lipinski definition) is 3. The van der Waals surface area contributed by atoms with E-state index < -0.39 is 12.1 Å². The van der Waals surface area contributed by atoms with Crippen molar-refractivity contribution in [2.24, 2.45) is 0 Å². The molecule has 0 saturated heterocycles. The summed E-state index contributed by atoms with van der Waals surface area (Å²) in [5, 5.41) is 15.1. The van der Waals surface area contributed by atoms with E-state index in [2.05, 4.69) is 15.6 Å². The lowest BCUT2D eigenvalue weighted by atomic mass is 10.1. The normalized spacial score (nSPS) is 12.9. The molecule has 7 nitrogen and oxygen atoms in total. The summed E-state index contributed by atoms with van der Waals surface area (Å²) >= 11 is 0. The Hall–Kier alpha value is -2.64. The Morgan fingerprint density at radius 3 is 2.64 bits per heavy atom. The smallest absolute Gasteiger partial charge is 0.319 e. The van der Waals surface area contributed by atoms with Crippen LogP contribution in [0.5, 0.6) is 5.88 Å². The van der Waals surface area contributed by atoms with E-state index in [1.807, 2.05) is 37.3 Å². The Labute approximate surface area is 147 Å². The highest BCUT2D eigenvalue weighted by atomic mass is 16.5. The Morgan fingerprint density at radius 2 is 2.00 bits per heavy atom. The van der Waals surface area contributed by atoms with Crippen molar-refractivity contribution in [3.05, 3.63) is 54.2 Å². The summed E-state index contributed by atoms with van der Waals surface area (Å²) in [7, 11) is 1.52. The van der Waals surface area contributed by atoms with Crippen LogP contribution in [0.4, 0.5) is 10.5 Å². The van der Waals surface area contributed by atoms with E-state index in [1.54, 1.807) is 12.1 Å². The second-order valence-corrected chi connectivity index (χ2v) is 5.46. The van der Waals surface area contributed by atoms with E-state index in [1.165, 1.54) is 13.3 Å².